The maximum absolute atomic E-state index is 14.5. The lowest BCUT2D eigenvalue weighted by atomic mass is 10.1. The highest BCUT2D eigenvalue weighted by molar-refractivity contribution is 7.80. The highest BCUT2D eigenvalue weighted by Gasteiger charge is 2.19. The predicted octanol–water partition coefficient (Wildman–Crippen LogP) is 1.71. The summed E-state index contributed by atoms with van der Waals surface area (Å²) in [5.74, 6) is -0.259. The number of hydrazone groups is 1. The molecule has 1 saturated heterocycles. The first-order chi connectivity index (χ1) is 12.6. The molecule has 0 saturated carbocycles. The molecule has 0 unspecified atom stereocenters. The number of anilines is 1. The molecule has 136 valence electrons. The smallest absolute Gasteiger partial charge is 0.184 e. The van der Waals surface area contributed by atoms with Gasteiger partial charge in [-0.25, -0.2) is 4.39 Å². The Kier molecular flexibility index (Phi) is 6.08. The molecule has 6 nitrogen and oxygen atoms in total. The van der Waals surface area contributed by atoms with Crippen molar-refractivity contribution in [2.45, 2.75) is 6.54 Å². The van der Waals surface area contributed by atoms with Crippen LogP contribution in [0.1, 0.15) is 11.1 Å². The van der Waals surface area contributed by atoms with Crippen LogP contribution in [0, 0.1) is 5.82 Å². The second-order valence-electron chi connectivity index (χ2n) is 6.07. The third kappa shape index (κ3) is 4.96. The molecular formula is C18H21FN6S. The Morgan fingerprint density at radius 3 is 2.77 bits per heavy atom. The molecule has 1 aliphatic rings. The van der Waals surface area contributed by atoms with Crippen molar-refractivity contribution in [2.24, 2.45) is 10.8 Å². The van der Waals surface area contributed by atoms with Crippen molar-refractivity contribution in [1.29, 1.82) is 0 Å². The largest absolute Gasteiger partial charge is 0.375 e. The molecule has 3 rings (SSSR count). The van der Waals surface area contributed by atoms with Gasteiger partial charge in [-0.15, -0.1) is 0 Å². The van der Waals surface area contributed by atoms with Gasteiger partial charge in [0.15, 0.2) is 5.11 Å². The van der Waals surface area contributed by atoms with Gasteiger partial charge in [-0.2, -0.15) is 5.10 Å². The van der Waals surface area contributed by atoms with Crippen molar-refractivity contribution < 1.29 is 4.39 Å². The van der Waals surface area contributed by atoms with Crippen molar-refractivity contribution in [1.82, 2.24) is 15.3 Å². The van der Waals surface area contributed by atoms with Crippen LogP contribution in [0.25, 0.3) is 0 Å². The van der Waals surface area contributed by atoms with Crippen molar-refractivity contribution >= 4 is 29.2 Å². The number of halogens is 1. The van der Waals surface area contributed by atoms with Crippen molar-refractivity contribution in [3.63, 3.8) is 0 Å². The molecule has 0 aliphatic carbocycles. The average Bonchev–Trinajstić information content (AvgIpc) is 2.63. The van der Waals surface area contributed by atoms with Crippen LogP contribution in [-0.4, -0.2) is 47.4 Å². The van der Waals surface area contributed by atoms with Gasteiger partial charge in [0.2, 0.25) is 0 Å². The second-order valence-corrected chi connectivity index (χ2v) is 6.51. The van der Waals surface area contributed by atoms with Crippen LogP contribution in [-0.2, 0) is 6.54 Å². The van der Waals surface area contributed by atoms with Crippen molar-refractivity contribution in [3.8, 4) is 0 Å². The molecule has 0 spiro atoms. The molecule has 0 atom stereocenters. The Morgan fingerprint density at radius 1 is 1.31 bits per heavy atom. The number of rotatable bonds is 5. The third-order valence-electron chi connectivity index (χ3n) is 4.20. The van der Waals surface area contributed by atoms with Crippen LogP contribution < -0.4 is 16.1 Å². The van der Waals surface area contributed by atoms with Gasteiger partial charge < -0.3 is 10.6 Å². The van der Waals surface area contributed by atoms with Gasteiger partial charge in [0.1, 0.15) is 5.82 Å². The van der Waals surface area contributed by atoms with E-state index in [0.29, 0.717) is 11.3 Å². The fraction of sp³-hybridized carbons (Fsp3) is 0.278. The molecule has 0 bridgehead atoms. The fourth-order valence-corrected chi connectivity index (χ4v) is 2.98. The lowest BCUT2D eigenvalue weighted by molar-refractivity contribution is 0.249. The number of benzene rings is 1. The van der Waals surface area contributed by atoms with E-state index in [-0.39, 0.29) is 10.9 Å². The van der Waals surface area contributed by atoms with E-state index in [2.05, 4.69) is 43.6 Å². The van der Waals surface area contributed by atoms with Gasteiger partial charge in [-0.1, -0.05) is 12.1 Å². The Hall–Kier alpha value is -2.58. The molecule has 1 aromatic carbocycles. The van der Waals surface area contributed by atoms with Gasteiger partial charge >= 0.3 is 0 Å². The lowest BCUT2D eigenvalue weighted by Gasteiger charge is -2.36. The molecule has 1 aromatic heterocycles. The molecule has 2 heterocycles. The van der Waals surface area contributed by atoms with Crippen LogP contribution in [0.3, 0.4) is 0 Å². The molecule has 8 heteroatoms. The summed E-state index contributed by atoms with van der Waals surface area (Å²) in [4.78, 5) is 8.58. The van der Waals surface area contributed by atoms with Crippen LogP contribution in [0.2, 0.25) is 0 Å². The summed E-state index contributed by atoms with van der Waals surface area (Å²) in [5.41, 5.74) is 10.2. The first-order valence-corrected chi connectivity index (χ1v) is 8.77. The minimum atomic E-state index is -0.259. The third-order valence-corrected chi connectivity index (χ3v) is 4.29. The van der Waals surface area contributed by atoms with E-state index in [0.717, 1.165) is 32.7 Å². The standard InChI is InChI=1S/C18H21FN6S/c19-16-10-14(12-22-23-18(20)26)3-4-17(16)25-8-6-24(7-9-25)13-15-2-1-5-21-11-15/h1-5,10-12H,6-9,13H2,(H3,20,23,26)/b22-12+. The Bertz CT molecular complexity index is 775. The zero-order chi connectivity index (χ0) is 18.4. The van der Waals surface area contributed by atoms with E-state index in [1.165, 1.54) is 17.8 Å². The van der Waals surface area contributed by atoms with Gasteiger partial charge in [0.25, 0.3) is 0 Å². The number of piperazine rings is 1. The van der Waals surface area contributed by atoms with E-state index in [1.54, 1.807) is 12.3 Å². The summed E-state index contributed by atoms with van der Waals surface area (Å²) in [6, 6.07) is 9.09. The van der Waals surface area contributed by atoms with Gasteiger partial charge in [-0.3, -0.25) is 15.3 Å². The summed E-state index contributed by atoms with van der Waals surface area (Å²) in [6.07, 6.45) is 5.15. The van der Waals surface area contributed by atoms with Crippen LogP contribution in [0.15, 0.2) is 47.8 Å². The molecule has 3 N–H and O–H groups in total. The zero-order valence-corrected chi connectivity index (χ0v) is 15.1. The number of hydrogen-bond donors (Lipinski definition) is 2. The minimum Gasteiger partial charge on any atom is -0.375 e. The Morgan fingerprint density at radius 2 is 2.12 bits per heavy atom. The highest BCUT2D eigenvalue weighted by atomic mass is 32.1. The normalized spacial score (nSPS) is 15.3. The van der Waals surface area contributed by atoms with Crippen LogP contribution in [0.5, 0.6) is 0 Å². The van der Waals surface area contributed by atoms with Crippen molar-refractivity contribution in [3.05, 3.63) is 59.7 Å². The summed E-state index contributed by atoms with van der Waals surface area (Å²) in [7, 11) is 0. The highest BCUT2D eigenvalue weighted by Crippen LogP contribution is 2.22. The first-order valence-electron chi connectivity index (χ1n) is 8.36. The van der Waals surface area contributed by atoms with Gasteiger partial charge in [0.05, 0.1) is 11.9 Å². The van der Waals surface area contributed by atoms with E-state index < -0.39 is 0 Å². The number of pyridine rings is 1. The van der Waals surface area contributed by atoms with Gasteiger partial charge in [-0.05, 0) is 41.5 Å². The second kappa shape index (κ2) is 8.68. The minimum absolute atomic E-state index is 0.0718. The predicted molar refractivity (Wildman–Crippen MR) is 106 cm³/mol. The topological polar surface area (TPSA) is 69.8 Å². The number of aromatic nitrogens is 1. The lowest BCUT2D eigenvalue weighted by Crippen LogP contribution is -2.46. The SMILES string of the molecule is NC(=S)N/N=C/c1ccc(N2CCN(Cc3cccnc3)CC2)c(F)c1. The van der Waals surface area contributed by atoms with Crippen LogP contribution in [0.4, 0.5) is 10.1 Å². The van der Waals surface area contributed by atoms with Crippen molar-refractivity contribution in [2.75, 3.05) is 31.1 Å². The molecule has 26 heavy (non-hydrogen) atoms. The molecule has 1 aliphatic heterocycles. The van der Waals surface area contributed by atoms with E-state index in [9.17, 15) is 4.39 Å². The number of nitrogens with one attached hydrogen (secondary N) is 1. The van der Waals surface area contributed by atoms with Gasteiger partial charge in [0, 0.05) is 45.1 Å². The molecule has 0 radical (unpaired) electrons. The fourth-order valence-electron chi connectivity index (χ4n) is 2.93. The number of thiocarbonyl (C=S) groups is 1. The summed E-state index contributed by atoms with van der Waals surface area (Å²) >= 11 is 4.66. The maximum atomic E-state index is 14.5. The Labute approximate surface area is 157 Å². The average molecular weight is 372 g/mol. The zero-order valence-electron chi connectivity index (χ0n) is 14.3. The molecule has 2 aromatic rings. The number of hydrogen-bond acceptors (Lipinski definition) is 5. The summed E-state index contributed by atoms with van der Waals surface area (Å²) in [5, 5.41) is 3.91. The van der Waals surface area contributed by atoms with E-state index in [4.69, 9.17) is 5.73 Å². The summed E-state index contributed by atoms with van der Waals surface area (Å²) < 4.78 is 14.5. The summed E-state index contributed by atoms with van der Waals surface area (Å²) in [6.45, 7) is 4.21. The first kappa shape index (κ1) is 18.2. The molecule has 0 amide bonds. The molecular weight excluding hydrogens is 351 g/mol. The Balaban J connectivity index is 1.57. The number of nitrogens with zero attached hydrogens (tertiary/aromatic N) is 4. The van der Waals surface area contributed by atoms with E-state index in [1.807, 2.05) is 18.3 Å². The monoisotopic (exact) mass is 372 g/mol. The molecule has 1 fully saturated rings. The quantitative estimate of drug-likeness (QED) is 0.473. The van der Waals surface area contributed by atoms with Crippen LogP contribution >= 0.6 is 12.2 Å². The maximum Gasteiger partial charge on any atom is 0.184 e. The number of nitrogens with two attached hydrogens (primary N) is 1. The van der Waals surface area contributed by atoms with E-state index >= 15 is 0 Å².